The maximum atomic E-state index is 13.4. The van der Waals surface area contributed by atoms with Crippen molar-refractivity contribution in [3.05, 3.63) is 59.7 Å². The predicted octanol–water partition coefficient (Wildman–Crippen LogP) is 1.64. The van der Waals surface area contributed by atoms with Gasteiger partial charge in [-0.25, -0.2) is 8.78 Å². The number of halogens is 2. The standard InChI is InChI=1S/C15H11F2N3O3/c16-9-3-6-11(17)12(7-9)20-15(23)14(22)19-10-4-1-8(2-5-10)13(18)21/h1-7H,(H2,18,21)(H,19,22)(H,20,23). The third-order valence-electron chi connectivity index (χ3n) is 2.81. The first kappa shape index (κ1) is 16.1. The first-order valence-electron chi connectivity index (χ1n) is 6.34. The van der Waals surface area contributed by atoms with Gasteiger partial charge in [-0.05, 0) is 36.4 Å². The van der Waals surface area contributed by atoms with E-state index in [0.717, 1.165) is 18.2 Å². The van der Waals surface area contributed by atoms with Crippen molar-refractivity contribution in [1.29, 1.82) is 0 Å². The molecular formula is C15H11F2N3O3. The maximum absolute atomic E-state index is 13.4. The third kappa shape index (κ3) is 4.10. The molecule has 0 heterocycles. The number of rotatable bonds is 3. The van der Waals surface area contributed by atoms with Gasteiger partial charge in [0, 0.05) is 17.3 Å². The number of amides is 3. The summed E-state index contributed by atoms with van der Waals surface area (Å²) in [6.07, 6.45) is 0. The summed E-state index contributed by atoms with van der Waals surface area (Å²) >= 11 is 0. The SMILES string of the molecule is NC(=O)c1ccc(NC(=O)C(=O)Nc2cc(F)ccc2F)cc1. The summed E-state index contributed by atoms with van der Waals surface area (Å²) in [5.41, 5.74) is 5.08. The summed E-state index contributed by atoms with van der Waals surface area (Å²) < 4.78 is 26.4. The molecule has 3 amide bonds. The van der Waals surface area contributed by atoms with Crippen molar-refractivity contribution in [2.45, 2.75) is 0 Å². The molecule has 2 aromatic rings. The Hall–Kier alpha value is -3.29. The highest BCUT2D eigenvalue weighted by Gasteiger charge is 2.16. The third-order valence-corrected chi connectivity index (χ3v) is 2.81. The second-order valence-electron chi connectivity index (χ2n) is 4.47. The van der Waals surface area contributed by atoms with Crippen LogP contribution in [0.15, 0.2) is 42.5 Å². The highest BCUT2D eigenvalue weighted by atomic mass is 19.1. The van der Waals surface area contributed by atoms with Crippen molar-refractivity contribution in [2.75, 3.05) is 10.6 Å². The van der Waals surface area contributed by atoms with Gasteiger partial charge in [-0.15, -0.1) is 0 Å². The van der Waals surface area contributed by atoms with Crippen LogP contribution in [0.2, 0.25) is 0 Å². The zero-order valence-electron chi connectivity index (χ0n) is 11.6. The topological polar surface area (TPSA) is 101 Å². The normalized spacial score (nSPS) is 10.0. The van der Waals surface area contributed by atoms with Crippen LogP contribution < -0.4 is 16.4 Å². The Morgan fingerprint density at radius 2 is 1.48 bits per heavy atom. The smallest absolute Gasteiger partial charge is 0.314 e. The summed E-state index contributed by atoms with van der Waals surface area (Å²) in [7, 11) is 0. The lowest BCUT2D eigenvalue weighted by molar-refractivity contribution is -0.133. The zero-order valence-corrected chi connectivity index (χ0v) is 11.6. The molecule has 0 aliphatic rings. The van der Waals surface area contributed by atoms with Crippen LogP contribution in [0.1, 0.15) is 10.4 Å². The lowest BCUT2D eigenvalue weighted by Crippen LogP contribution is -2.29. The summed E-state index contributed by atoms with van der Waals surface area (Å²) in [5, 5.41) is 4.20. The van der Waals surface area contributed by atoms with Crippen LogP contribution in [0.3, 0.4) is 0 Å². The number of hydrogen-bond acceptors (Lipinski definition) is 3. The molecule has 0 spiro atoms. The van der Waals surface area contributed by atoms with Gasteiger partial charge in [-0.2, -0.15) is 0 Å². The van der Waals surface area contributed by atoms with Crippen LogP contribution in [0, 0.1) is 11.6 Å². The highest BCUT2D eigenvalue weighted by Crippen LogP contribution is 2.15. The Balaban J connectivity index is 2.03. The van der Waals surface area contributed by atoms with Gasteiger partial charge < -0.3 is 16.4 Å². The van der Waals surface area contributed by atoms with E-state index in [1.54, 1.807) is 0 Å². The molecule has 0 aliphatic carbocycles. The van der Waals surface area contributed by atoms with Gasteiger partial charge in [0.2, 0.25) is 5.91 Å². The summed E-state index contributed by atoms with van der Waals surface area (Å²) in [4.78, 5) is 34.3. The number of hydrogen-bond donors (Lipinski definition) is 3. The fraction of sp³-hybridized carbons (Fsp3) is 0. The largest absolute Gasteiger partial charge is 0.366 e. The molecule has 8 heteroatoms. The molecular weight excluding hydrogens is 308 g/mol. The first-order chi connectivity index (χ1) is 10.9. The lowest BCUT2D eigenvalue weighted by atomic mass is 10.2. The van der Waals surface area contributed by atoms with Crippen LogP contribution in [0.5, 0.6) is 0 Å². The van der Waals surface area contributed by atoms with E-state index >= 15 is 0 Å². The van der Waals surface area contributed by atoms with E-state index in [-0.39, 0.29) is 11.3 Å². The summed E-state index contributed by atoms with van der Waals surface area (Å²) in [6, 6.07) is 7.92. The molecule has 0 saturated carbocycles. The minimum absolute atomic E-state index is 0.231. The molecule has 118 valence electrons. The van der Waals surface area contributed by atoms with E-state index in [0.29, 0.717) is 0 Å². The Labute approximate surface area is 129 Å². The molecule has 0 saturated heterocycles. The van der Waals surface area contributed by atoms with Gasteiger partial charge in [0.1, 0.15) is 11.6 Å². The molecule has 0 fully saturated rings. The van der Waals surface area contributed by atoms with Crippen molar-refractivity contribution >= 4 is 29.1 Å². The Bertz CT molecular complexity index is 776. The monoisotopic (exact) mass is 319 g/mol. The molecule has 0 aliphatic heterocycles. The number of nitrogens with one attached hydrogen (secondary N) is 2. The predicted molar refractivity (Wildman–Crippen MR) is 78.6 cm³/mol. The molecule has 2 aromatic carbocycles. The number of nitrogens with two attached hydrogens (primary N) is 1. The number of benzene rings is 2. The Morgan fingerprint density at radius 3 is 2.09 bits per heavy atom. The zero-order chi connectivity index (χ0) is 17.0. The molecule has 0 radical (unpaired) electrons. The minimum Gasteiger partial charge on any atom is -0.366 e. The fourth-order valence-electron chi connectivity index (χ4n) is 1.68. The van der Waals surface area contributed by atoms with Gasteiger partial charge in [0.15, 0.2) is 0 Å². The summed E-state index contributed by atoms with van der Waals surface area (Å²) in [5.74, 6) is -4.53. The van der Waals surface area contributed by atoms with Crippen LogP contribution in [-0.2, 0) is 9.59 Å². The van der Waals surface area contributed by atoms with Crippen LogP contribution in [-0.4, -0.2) is 17.7 Å². The second kappa shape index (κ2) is 6.65. The average molecular weight is 319 g/mol. The fourth-order valence-corrected chi connectivity index (χ4v) is 1.68. The van der Waals surface area contributed by atoms with Crippen molar-refractivity contribution in [2.24, 2.45) is 5.73 Å². The van der Waals surface area contributed by atoms with E-state index in [1.807, 2.05) is 5.32 Å². The molecule has 2 rings (SSSR count). The van der Waals surface area contributed by atoms with Gasteiger partial charge in [-0.1, -0.05) is 0 Å². The highest BCUT2D eigenvalue weighted by molar-refractivity contribution is 6.43. The number of carbonyl (C=O) groups is 3. The summed E-state index contributed by atoms with van der Waals surface area (Å²) in [6.45, 7) is 0. The lowest BCUT2D eigenvalue weighted by Gasteiger charge is -2.07. The molecule has 0 unspecified atom stereocenters. The molecule has 23 heavy (non-hydrogen) atoms. The van der Waals surface area contributed by atoms with Crippen LogP contribution >= 0.6 is 0 Å². The van der Waals surface area contributed by atoms with Gasteiger partial charge >= 0.3 is 11.8 Å². The van der Waals surface area contributed by atoms with E-state index in [9.17, 15) is 23.2 Å². The average Bonchev–Trinajstić information content (AvgIpc) is 2.51. The van der Waals surface area contributed by atoms with Crippen molar-refractivity contribution in [3.8, 4) is 0 Å². The van der Waals surface area contributed by atoms with E-state index < -0.39 is 35.0 Å². The molecule has 0 bridgehead atoms. The number of anilines is 2. The Morgan fingerprint density at radius 1 is 0.870 bits per heavy atom. The van der Waals surface area contributed by atoms with Crippen LogP contribution in [0.25, 0.3) is 0 Å². The van der Waals surface area contributed by atoms with Crippen LogP contribution in [0.4, 0.5) is 20.2 Å². The number of carbonyl (C=O) groups excluding carboxylic acids is 3. The van der Waals surface area contributed by atoms with Crippen molar-refractivity contribution in [3.63, 3.8) is 0 Å². The van der Waals surface area contributed by atoms with Gasteiger partial charge in [0.05, 0.1) is 5.69 Å². The second-order valence-corrected chi connectivity index (χ2v) is 4.47. The van der Waals surface area contributed by atoms with E-state index in [4.69, 9.17) is 5.73 Å². The first-order valence-corrected chi connectivity index (χ1v) is 6.34. The van der Waals surface area contributed by atoms with Gasteiger partial charge in [0.25, 0.3) is 0 Å². The van der Waals surface area contributed by atoms with Crippen molar-refractivity contribution in [1.82, 2.24) is 0 Å². The number of primary amides is 1. The van der Waals surface area contributed by atoms with E-state index in [1.165, 1.54) is 24.3 Å². The molecule has 0 aromatic heterocycles. The molecule has 6 nitrogen and oxygen atoms in total. The quantitative estimate of drug-likeness (QED) is 0.750. The van der Waals surface area contributed by atoms with E-state index in [2.05, 4.69) is 5.32 Å². The molecule has 0 atom stereocenters. The molecule has 4 N–H and O–H groups in total. The maximum Gasteiger partial charge on any atom is 0.314 e. The van der Waals surface area contributed by atoms with Crippen molar-refractivity contribution < 1.29 is 23.2 Å². The van der Waals surface area contributed by atoms with Gasteiger partial charge in [-0.3, -0.25) is 14.4 Å². The Kier molecular flexibility index (Phi) is 4.65. The minimum atomic E-state index is -1.17.